The fourth-order valence-corrected chi connectivity index (χ4v) is 3.87. The first-order valence-corrected chi connectivity index (χ1v) is 10.2. The van der Waals surface area contributed by atoms with E-state index in [1.807, 2.05) is 6.20 Å². The van der Waals surface area contributed by atoms with Crippen LogP contribution in [0, 0.1) is 18.6 Å². The minimum atomic E-state index is -1.35. The van der Waals surface area contributed by atoms with E-state index in [2.05, 4.69) is 22.5 Å². The summed E-state index contributed by atoms with van der Waals surface area (Å²) >= 11 is 0. The third-order valence-electron chi connectivity index (χ3n) is 5.84. The Hall–Kier alpha value is -2.50. The average molecular weight is 401 g/mol. The first kappa shape index (κ1) is 19.8. The highest BCUT2D eigenvalue weighted by molar-refractivity contribution is 5.62. The summed E-state index contributed by atoms with van der Waals surface area (Å²) in [5.41, 5.74) is 1.29. The van der Waals surface area contributed by atoms with Crippen molar-refractivity contribution in [2.75, 3.05) is 0 Å². The van der Waals surface area contributed by atoms with E-state index in [0.717, 1.165) is 18.5 Å². The predicted octanol–water partition coefficient (Wildman–Crippen LogP) is 5.56. The summed E-state index contributed by atoms with van der Waals surface area (Å²) in [5.74, 6) is -1.07. The van der Waals surface area contributed by atoms with Crippen molar-refractivity contribution in [2.24, 2.45) is 0 Å². The molecule has 0 amide bonds. The lowest BCUT2D eigenvalue weighted by Crippen LogP contribution is -2.20. The van der Waals surface area contributed by atoms with Gasteiger partial charge in [-0.25, -0.2) is 13.2 Å². The number of hydrogen-bond donors (Lipinski definition) is 2. The molecule has 2 heterocycles. The number of aromatic nitrogens is 1. The van der Waals surface area contributed by atoms with E-state index in [4.69, 9.17) is 0 Å². The van der Waals surface area contributed by atoms with Gasteiger partial charge in [0.2, 0.25) is 0 Å². The molecule has 0 bridgehead atoms. The molecule has 154 valence electrons. The maximum atomic E-state index is 14.9. The first-order chi connectivity index (χ1) is 13.8. The van der Waals surface area contributed by atoms with Gasteiger partial charge < -0.3 is 10.6 Å². The molecule has 1 saturated carbocycles. The molecule has 3 nitrogen and oxygen atoms in total. The van der Waals surface area contributed by atoms with Crippen LogP contribution >= 0.6 is 0 Å². The number of nitrogens with one attached hydrogen (secondary N) is 2. The molecule has 0 radical (unpaired) electrons. The standard InChI is InChI=1S/C23H26F3N3/c1-4-16-9-17(12-27-16)29-14(3)18-10-21(25)19(11-20(18)24)22-8-15(7-13(2)28-22)23(26)5-6-23/h7-8,10-12,14,16,27,29H,4-6,9H2,1-3H3. The maximum absolute atomic E-state index is 14.9. The second-order valence-corrected chi connectivity index (χ2v) is 8.21. The van der Waals surface area contributed by atoms with Gasteiger partial charge in [-0.2, -0.15) is 0 Å². The highest BCUT2D eigenvalue weighted by Crippen LogP contribution is 2.50. The molecule has 2 aliphatic rings. The van der Waals surface area contributed by atoms with Crippen molar-refractivity contribution in [1.82, 2.24) is 15.6 Å². The van der Waals surface area contributed by atoms with Crippen LogP contribution in [0.15, 0.2) is 36.2 Å². The number of alkyl halides is 1. The van der Waals surface area contributed by atoms with Crippen molar-refractivity contribution in [2.45, 2.75) is 64.2 Å². The molecule has 1 aliphatic carbocycles. The summed E-state index contributed by atoms with van der Waals surface area (Å²) in [6, 6.07) is 5.60. The van der Waals surface area contributed by atoms with Gasteiger partial charge >= 0.3 is 0 Å². The van der Waals surface area contributed by atoms with Crippen molar-refractivity contribution >= 4 is 0 Å². The Kier molecular flexibility index (Phi) is 5.05. The Morgan fingerprint density at radius 2 is 1.97 bits per heavy atom. The lowest BCUT2D eigenvalue weighted by atomic mass is 10.00. The van der Waals surface area contributed by atoms with Crippen LogP contribution in [-0.2, 0) is 5.67 Å². The van der Waals surface area contributed by atoms with Gasteiger partial charge in [-0.1, -0.05) is 6.92 Å². The van der Waals surface area contributed by atoms with Crippen LogP contribution in [-0.4, -0.2) is 11.0 Å². The summed E-state index contributed by atoms with van der Waals surface area (Å²) in [6.45, 7) is 5.64. The lowest BCUT2D eigenvalue weighted by Gasteiger charge is -2.19. The van der Waals surface area contributed by atoms with Gasteiger partial charge in [0.25, 0.3) is 0 Å². The highest BCUT2D eigenvalue weighted by atomic mass is 19.1. The van der Waals surface area contributed by atoms with E-state index in [9.17, 15) is 13.2 Å². The number of halogens is 3. The molecule has 2 aromatic rings. The molecular weight excluding hydrogens is 375 g/mol. The first-order valence-electron chi connectivity index (χ1n) is 10.2. The Bertz CT molecular complexity index is 966. The Balaban J connectivity index is 1.60. The van der Waals surface area contributed by atoms with Crippen molar-refractivity contribution < 1.29 is 13.2 Å². The molecule has 2 N–H and O–H groups in total. The lowest BCUT2D eigenvalue weighted by molar-refractivity contribution is 0.317. The molecular formula is C23H26F3N3. The van der Waals surface area contributed by atoms with Crippen molar-refractivity contribution in [3.63, 3.8) is 0 Å². The van der Waals surface area contributed by atoms with Gasteiger partial charge in [0, 0.05) is 41.2 Å². The van der Waals surface area contributed by atoms with Crippen LogP contribution < -0.4 is 10.6 Å². The predicted molar refractivity (Wildman–Crippen MR) is 108 cm³/mol. The molecule has 6 heteroatoms. The summed E-state index contributed by atoms with van der Waals surface area (Å²) in [5, 5.41) is 6.53. The zero-order valence-electron chi connectivity index (χ0n) is 17.0. The van der Waals surface area contributed by atoms with Crippen LogP contribution in [0.1, 0.15) is 62.4 Å². The summed E-state index contributed by atoms with van der Waals surface area (Å²) in [4.78, 5) is 4.32. The minimum absolute atomic E-state index is 0.0560. The fourth-order valence-electron chi connectivity index (χ4n) is 3.87. The van der Waals surface area contributed by atoms with Crippen LogP contribution in [0.4, 0.5) is 13.2 Å². The number of nitrogens with zero attached hydrogens (tertiary/aromatic N) is 1. The molecule has 1 aromatic heterocycles. The molecule has 29 heavy (non-hydrogen) atoms. The Morgan fingerprint density at radius 1 is 1.21 bits per heavy atom. The van der Waals surface area contributed by atoms with Crippen LogP contribution in [0.3, 0.4) is 0 Å². The number of hydrogen-bond acceptors (Lipinski definition) is 3. The van der Waals surface area contributed by atoms with E-state index in [1.165, 1.54) is 12.1 Å². The van der Waals surface area contributed by atoms with Gasteiger partial charge in [0.15, 0.2) is 0 Å². The van der Waals surface area contributed by atoms with Crippen LogP contribution in [0.2, 0.25) is 0 Å². The zero-order chi connectivity index (χ0) is 20.8. The molecule has 1 aliphatic heterocycles. The van der Waals surface area contributed by atoms with Crippen molar-refractivity contribution in [3.05, 3.63) is 64.6 Å². The van der Waals surface area contributed by atoms with Crippen molar-refractivity contribution in [1.29, 1.82) is 0 Å². The number of rotatable bonds is 6. The molecule has 0 saturated heterocycles. The maximum Gasteiger partial charge on any atom is 0.136 e. The Labute approximate surface area is 169 Å². The third kappa shape index (κ3) is 3.98. The third-order valence-corrected chi connectivity index (χ3v) is 5.84. The van der Waals surface area contributed by atoms with Gasteiger partial charge in [-0.3, -0.25) is 4.98 Å². The van der Waals surface area contributed by atoms with E-state index in [0.29, 0.717) is 30.1 Å². The molecule has 2 unspecified atom stereocenters. The summed E-state index contributed by atoms with van der Waals surface area (Å²) in [7, 11) is 0. The van der Waals surface area contributed by atoms with Crippen LogP contribution in [0.5, 0.6) is 0 Å². The quantitative estimate of drug-likeness (QED) is 0.666. The van der Waals surface area contributed by atoms with Crippen LogP contribution in [0.25, 0.3) is 11.3 Å². The van der Waals surface area contributed by atoms with Gasteiger partial charge in [0.05, 0.1) is 11.7 Å². The fraction of sp³-hybridized carbons (Fsp3) is 0.435. The largest absolute Gasteiger partial charge is 0.386 e. The van der Waals surface area contributed by atoms with Crippen molar-refractivity contribution in [3.8, 4) is 11.3 Å². The molecule has 1 aromatic carbocycles. The highest BCUT2D eigenvalue weighted by Gasteiger charge is 2.45. The molecule has 1 fully saturated rings. The monoisotopic (exact) mass is 401 g/mol. The summed E-state index contributed by atoms with van der Waals surface area (Å²) < 4.78 is 44.3. The second-order valence-electron chi connectivity index (χ2n) is 8.21. The molecule has 4 rings (SSSR count). The van der Waals surface area contributed by atoms with E-state index in [-0.39, 0.29) is 22.9 Å². The molecule has 2 atom stereocenters. The Morgan fingerprint density at radius 3 is 2.62 bits per heavy atom. The normalized spacial score (nSPS) is 20.8. The average Bonchev–Trinajstić information content (AvgIpc) is 3.28. The SMILES string of the molecule is CCC1CC(NC(C)c2cc(F)c(-c3cc(C4(F)CC4)cc(C)n3)cc2F)=CN1. The van der Waals surface area contributed by atoms with Gasteiger partial charge in [-0.05, 0) is 62.9 Å². The number of aryl methyl sites for hydroxylation is 1. The van der Waals surface area contributed by atoms with Gasteiger partial charge in [0.1, 0.15) is 17.3 Å². The number of pyridine rings is 1. The van der Waals surface area contributed by atoms with E-state index >= 15 is 0 Å². The summed E-state index contributed by atoms with van der Waals surface area (Å²) in [6.07, 6.45) is 4.65. The van der Waals surface area contributed by atoms with Gasteiger partial charge in [-0.15, -0.1) is 0 Å². The second kappa shape index (κ2) is 7.39. The minimum Gasteiger partial charge on any atom is -0.386 e. The topological polar surface area (TPSA) is 37.0 Å². The zero-order valence-corrected chi connectivity index (χ0v) is 17.0. The smallest absolute Gasteiger partial charge is 0.136 e. The van der Waals surface area contributed by atoms with E-state index in [1.54, 1.807) is 26.0 Å². The molecule has 0 spiro atoms. The number of benzene rings is 1. The van der Waals surface area contributed by atoms with E-state index < -0.39 is 17.3 Å².